The molecule has 0 bridgehead atoms. The zero-order valence-corrected chi connectivity index (χ0v) is 16.9. The number of carbonyl (C=O) groups is 2. The van der Waals surface area contributed by atoms with E-state index in [9.17, 15) is 19.6 Å². The van der Waals surface area contributed by atoms with Crippen LogP contribution in [0, 0.1) is 0 Å². The smallest absolute Gasteiger partial charge is 0.426 e. The number of nitrogens with two attached hydrogens (primary N) is 1. The van der Waals surface area contributed by atoms with E-state index >= 15 is 0 Å². The summed E-state index contributed by atoms with van der Waals surface area (Å²) in [4.78, 5) is 27.0. The van der Waals surface area contributed by atoms with Crippen LogP contribution in [0.15, 0.2) is 0 Å². The van der Waals surface area contributed by atoms with Crippen molar-refractivity contribution in [1.82, 2.24) is 15.5 Å². The maximum absolute atomic E-state index is 12.6. The summed E-state index contributed by atoms with van der Waals surface area (Å²) in [5, 5.41) is 24.4. The third-order valence-electron chi connectivity index (χ3n) is 4.39. The highest BCUT2D eigenvalue weighted by molar-refractivity contribution is 7.98. The van der Waals surface area contributed by atoms with E-state index in [4.69, 9.17) is 10.5 Å². The molecule has 11 heteroatoms. The van der Waals surface area contributed by atoms with Gasteiger partial charge in [-0.1, -0.05) is 0 Å². The van der Waals surface area contributed by atoms with Crippen LogP contribution in [0.5, 0.6) is 0 Å². The predicted octanol–water partition coefficient (Wildman–Crippen LogP) is -1.82. The average molecular weight is 404 g/mol. The SMILES string of the molecule is CSCC[C@H](NC(=O)[C@H](CCCCN)NC(=O)CN1CCOCC1)B(O)O. The topological polar surface area (TPSA) is 137 Å². The van der Waals surface area contributed by atoms with E-state index in [-0.39, 0.29) is 12.5 Å². The normalized spacial score (nSPS) is 17.2. The fraction of sp³-hybridized carbons (Fsp3) is 0.875. The van der Waals surface area contributed by atoms with Gasteiger partial charge in [0.15, 0.2) is 0 Å². The molecule has 1 heterocycles. The summed E-state index contributed by atoms with van der Waals surface area (Å²) in [6.45, 7) is 3.29. The Morgan fingerprint density at radius 3 is 2.52 bits per heavy atom. The minimum atomic E-state index is -1.64. The lowest BCUT2D eigenvalue weighted by Crippen LogP contribution is -2.55. The zero-order chi connectivity index (χ0) is 20.1. The Morgan fingerprint density at radius 2 is 1.93 bits per heavy atom. The number of amides is 2. The molecule has 156 valence electrons. The number of ether oxygens (including phenoxy) is 1. The van der Waals surface area contributed by atoms with Crippen LogP contribution in [-0.4, -0.2) is 97.3 Å². The van der Waals surface area contributed by atoms with Gasteiger partial charge in [-0.25, -0.2) is 0 Å². The van der Waals surface area contributed by atoms with Gasteiger partial charge >= 0.3 is 7.12 Å². The number of hydrogen-bond donors (Lipinski definition) is 5. The number of morpholine rings is 1. The minimum Gasteiger partial charge on any atom is -0.426 e. The molecule has 1 aliphatic rings. The molecule has 1 aliphatic heterocycles. The first-order chi connectivity index (χ1) is 13.0. The summed E-state index contributed by atoms with van der Waals surface area (Å²) in [5.74, 6) is -0.710. The van der Waals surface area contributed by atoms with Gasteiger partial charge in [0.25, 0.3) is 0 Å². The van der Waals surface area contributed by atoms with E-state index < -0.39 is 25.0 Å². The Balaban J connectivity index is 2.61. The highest BCUT2D eigenvalue weighted by Crippen LogP contribution is 2.06. The third kappa shape index (κ3) is 10.3. The molecule has 0 radical (unpaired) electrons. The summed E-state index contributed by atoms with van der Waals surface area (Å²) in [6.07, 6.45) is 4.24. The Bertz CT molecular complexity index is 441. The fourth-order valence-corrected chi connectivity index (χ4v) is 3.28. The number of unbranched alkanes of at least 4 members (excludes halogenated alkanes) is 1. The largest absolute Gasteiger partial charge is 0.475 e. The lowest BCUT2D eigenvalue weighted by atomic mass is 9.77. The van der Waals surface area contributed by atoms with Crippen molar-refractivity contribution >= 4 is 30.7 Å². The van der Waals surface area contributed by atoms with Gasteiger partial charge in [-0.2, -0.15) is 11.8 Å². The number of nitrogens with zero attached hydrogens (tertiary/aromatic N) is 1. The van der Waals surface area contributed by atoms with Crippen LogP contribution in [0.3, 0.4) is 0 Å². The Morgan fingerprint density at radius 1 is 1.22 bits per heavy atom. The second-order valence-electron chi connectivity index (χ2n) is 6.60. The standard InChI is InChI=1S/C16H33BN4O5S/c1-27-11-5-14(17(24)25)20-16(23)13(4-2-3-6-18)19-15(22)12-21-7-9-26-10-8-21/h13-14,24-25H,2-12,18H2,1H3,(H,19,22)(H,20,23)/t13-,14-/m0/s1. The van der Waals surface area contributed by atoms with E-state index in [0.717, 1.165) is 6.42 Å². The average Bonchev–Trinajstić information content (AvgIpc) is 2.64. The van der Waals surface area contributed by atoms with Crippen LogP contribution >= 0.6 is 11.8 Å². The van der Waals surface area contributed by atoms with Crippen molar-refractivity contribution in [1.29, 1.82) is 0 Å². The number of thioether (sulfide) groups is 1. The summed E-state index contributed by atoms with van der Waals surface area (Å²) in [5.41, 5.74) is 5.52. The molecule has 0 saturated carbocycles. The van der Waals surface area contributed by atoms with E-state index in [2.05, 4.69) is 10.6 Å². The molecule has 1 saturated heterocycles. The predicted molar refractivity (Wildman–Crippen MR) is 107 cm³/mol. The maximum Gasteiger partial charge on any atom is 0.475 e. The highest BCUT2D eigenvalue weighted by Gasteiger charge is 2.29. The Kier molecular flexibility index (Phi) is 12.7. The quantitative estimate of drug-likeness (QED) is 0.179. The summed E-state index contributed by atoms with van der Waals surface area (Å²) < 4.78 is 5.27. The van der Waals surface area contributed by atoms with Crippen LogP contribution in [0.25, 0.3) is 0 Å². The first-order valence-electron chi connectivity index (χ1n) is 9.43. The molecule has 0 aliphatic carbocycles. The molecule has 0 aromatic rings. The number of nitrogens with one attached hydrogen (secondary N) is 2. The summed E-state index contributed by atoms with van der Waals surface area (Å²) in [7, 11) is -1.64. The molecule has 0 unspecified atom stereocenters. The minimum absolute atomic E-state index is 0.211. The van der Waals surface area contributed by atoms with Crippen molar-refractivity contribution in [3.63, 3.8) is 0 Å². The third-order valence-corrected chi connectivity index (χ3v) is 5.03. The van der Waals surface area contributed by atoms with Gasteiger partial charge in [0.05, 0.1) is 25.7 Å². The first-order valence-corrected chi connectivity index (χ1v) is 10.8. The van der Waals surface area contributed by atoms with Crippen LogP contribution in [0.4, 0.5) is 0 Å². The molecule has 0 aromatic carbocycles. The fourth-order valence-electron chi connectivity index (χ4n) is 2.79. The first kappa shape index (κ1) is 24.2. The molecule has 27 heavy (non-hydrogen) atoms. The van der Waals surface area contributed by atoms with Gasteiger partial charge < -0.3 is 31.2 Å². The van der Waals surface area contributed by atoms with Gasteiger partial charge in [0.2, 0.25) is 11.8 Å². The zero-order valence-electron chi connectivity index (χ0n) is 16.1. The Labute approximate surface area is 165 Å². The van der Waals surface area contributed by atoms with E-state index in [1.54, 1.807) is 11.8 Å². The van der Waals surface area contributed by atoms with Crippen molar-refractivity contribution in [2.75, 3.05) is 51.4 Å². The van der Waals surface area contributed by atoms with Crippen LogP contribution in [0.2, 0.25) is 0 Å². The molecule has 0 aromatic heterocycles. The lowest BCUT2D eigenvalue weighted by molar-refractivity contribution is -0.130. The molecule has 2 atom stereocenters. The van der Waals surface area contributed by atoms with E-state index in [1.165, 1.54) is 0 Å². The summed E-state index contributed by atoms with van der Waals surface area (Å²) in [6, 6.07) is -0.722. The number of rotatable bonds is 13. The molecule has 6 N–H and O–H groups in total. The van der Waals surface area contributed by atoms with Crippen LogP contribution in [0.1, 0.15) is 25.7 Å². The number of hydrogen-bond acceptors (Lipinski definition) is 8. The van der Waals surface area contributed by atoms with Crippen molar-refractivity contribution in [3.8, 4) is 0 Å². The molecule has 1 fully saturated rings. The van der Waals surface area contributed by atoms with Gasteiger partial charge in [0.1, 0.15) is 6.04 Å². The maximum atomic E-state index is 12.6. The van der Waals surface area contributed by atoms with Gasteiger partial charge in [-0.3, -0.25) is 14.5 Å². The van der Waals surface area contributed by atoms with Gasteiger partial charge in [-0.05, 0) is 44.2 Å². The van der Waals surface area contributed by atoms with Crippen molar-refractivity contribution in [2.24, 2.45) is 5.73 Å². The van der Waals surface area contributed by atoms with Crippen LogP contribution in [-0.2, 0) is 14.3 Å². The number of carbonyl (C=O) groups excluding carboxylic acids is 2. The van der Waals surface area contributed by atoms with E-state index in [1.807, 2.05) is 11.2 Å². The molecular weight excluding hydrogens is 371 g/mol. The second kappa shape index (κ2) is 14.2. The highest BCUT2D eigenvalue weighted by atomic mass is 32.2. The van der Waals surface area contributed by atoms with Crippen molar-refractivity contribution in [2.45, 2.75) is 37.7 Å². The molecule has 0 spiro atoms. The molecule has 2 amide bonds. The molecular formula is C16H33BN4O5S. The molecule has 1 rings (SSSR count). The summed E-state index contributed by atoms with van der Waals surface area (Å²) >= 11 is 1.56. The lowest BCUT2D eigenvalue weighted by Gasteiger charge is -2.27. The Hall–Kier alpha value is -0.845. The van der Waals surface area contributed by atoms with Crippen molar-refractivity contribution in [3.05, 3.63) is 0 Å². The second-order valence-corrected chi connectivity index (χ2v) is 7.59. The van der Waals surface area contributed by atoms with Crippen molar-refractivity contribution < 1.29 is 24.4 Å². The van der Waals surface area contributed by atoms with Gasteiger partial charge in [-0.15, -0.1) is 0 Å². The van der Waals surface area contributed by atoms with E-state index in [0.29, 0.717) is 57.9 Å². The molecule has 9 nitrogen and oxygen atoms in total. The monoisotopic (exact) mass is 404 g/mol. The van der Waals surface area contributed by atoms with Crippen LogP contribution < -0.4 is 16.4 Å². The van der Waals surface area contributed by atoms with Gasteiger partial charge in [0, 0.05) is 13.1 Å².